The lowest BCUT2D eigenvalue weighted by atomic mass is 10.1. The molecule has 0 bridgehead atoms. The van der Waals surface area contributed by atoms with Crippen molar-refractivity contribution in [3.05, 3.63) is 88.4 Å². The van der Waals surface area contributed by atoms with E-state index >= 15 is 0 Å². The molecule has 174 valence electrons. The highest BCUT2D eigenvalue weighted by molar-refractivity contribution is 9.10. The quantitative estimate of drug-likeness (QED) is 0.411. The predicted octanol–water partition coefficient (Wildman–Crippen LogP) is 5.23. The van der Waals surface area contributed by atoms with Crippen LogP contribution in [-0.4, -0.2) is 27.5 Å². The van der Waals surface area contributed by atoms with Gasteiger partial charge in [-0.25, -0.2) is 8.42 Å². The number of rotatable bonds is 9. The fourth-order valence-electron chi connectivity index (χ4n) is 3.28. The maximum atomic E-state index is 13.5. The molecule has 0 saturated carbocycles. The number of nitrogens with zero attached hydrogens (tertiary/aromatic N) is 1. The molecular formula is C25H27BrN2O4S. The van der Waals surface area contributed by atoms with Gasteiger partial charge in [-0.2, -0.15) is 0 Å². The van der Waals surface area contributed by atoms with Gasteiger partial charge in [-0.15, -0.1) is 0 Å². The third-order valence-electron chi connectivity index (χ3n) is 5.08. The first-order valence-electron chi connectivity index (χ1n) is 10.6. The van der Waals surface area contributed by atoms with E-state index < -0.39 is 15.9 Å². The van der Waals surface area contributed by atoms with Gasteiger partial charge in [0.05, 0.1) is 23.2 Å². The van der Waals surface area contributed by atoms with Crippen molar-refractivity contribution in [2.75, 3.05) is 17.5 Å². The highest BCUT2D eigenvalue weighted by atomic mass is 79.9. The molecule has 0 unspecified atom stereocenters. The number of benzene rings is 3. The number of halogens is 1. The van der Waals surface area contributed by atoms with E-state index in [4.69, 9.17) is 4.74 Å². The van der Waals surface area contributed by atoms with Gasteiger partial charge in [-0.3, -0.25) is 9.10 Å². The van der Waals surface area contributed by atoms with Crippen molar-refractivity contribution in [3.63, 3.8) is 0 Å². The minimum Gasteiger partial charge on any atom is -0.494 e. The molecule has 3 rings (SSSR count). The van der Waals surface area contributed by atoms with Crippen LogP contribution in [0.4, 0.5) is 5.69 Å². The number of nitrogens with one attached hydrogen (secondary N) is 1. The first kappa shape index (κ1) is 24.8. The Labute approximate surface area is 203 Å². The van der Waals surface area contributed by atoms with E-state index in [2.05, 4.69) is 21.2 Å². The number of carbonyl (C=O) groups is 1. The molecule has 6 nitrogen and oxygen atoms in total. The lowest BCUT2D eigenvalue weighted by Crippen LogP contribution is -2.41. The average Bonchev–Trinajstić information content (AvgIpc) is 2.79. The molecule has 8 heteroatoms. The summed E-state index contributed by atoms with van der Waals surface area (Å²) in [4.78, 5) is 13.0. The molecule has 1 amide bonds. The Morgan fingerprint density at radius 2 is 1.61 bits per heavy atom. The number of aryl methyl sites for hydroxylation is 1. The zero-order valence-corrected chi connectivity index (χ0v) is 21.2. The van der Waals surface area contributed by atoms with Crippen LogP contribution >= 0.6 is 15.9 Å². The summed E-state index contributed by atoms with van der Waals surface area (Å²) in [5.41, 5.74) is 2.44. The number of hydrogen-bond acceptors (Lipinski definition) is 4. The Morgan fingerprint density at radius 1 is 1.00 bits per heavy atom. The number of anilines is 1. The maximum Gasteiger partial charge on any atom is 0.264 e. The lowest BCUT2D eigenvalue weighted by Gasteiger charge is -2.25. The van der Waals surface area contributed by atoms with Crippen molar-refractivity contribution in [2.45, 2.75) is 31.7 Å². The molecule has 0 radical (unpaired) electrons. The standard InChI is InChI=1S/C25H27BrN2O4S/c1-4-32-23-13-11-22(12-14-23)28(33(30,31)24-15-9-21(26)10-16-24)17-25(29)27-19(3)20-7-5-18(2)6-8-20/h5-16,19H,4,17H2,1-3H3,(H,27,29)/t19-/m1/s1. The van der Waals surface area contributed by atoms with E-state index in [-0.39, 0.29) is 17.5 Å². The van der Waals surface area contributed by atoms with Crippen LogP contribution in [0.25, 0.3) is 0 Å². The third-order valence-corrected chi connectivity index (χ3v) is 7.40. The van der Waals surface area contributed by atoms with Gasteiger partial charge in [0.1, 0.15) is 12.3 Å². The predicted molar refractivity (Wildman–Crippen MR) is 134 cm³/mol. The summed E-state index contributed by atoms with van der Waals surface area (Å²) < 4.78 is 34.3. The number of carbonyl (C=O) groups excluding carboxylic acids is 1. The van der Waals surface area contributed by atoms with Gasteiger partial charge < -0.3 is 10.1 Å². The maximum absolute atomic E-state index is 13.5. The summed E-state index contributed by atoms with van der Waals surface area (Å²) in [5.74, 6) is 0.220. The minimum absolute atomic E-state index is 0.0963. The molecule has 0 aliphatic heterocycles. The molecule has 3 aromatic carbocycles. The fourth-order valence-corrected chi connectivity index (χ4v) is 4.97. The van der Waals surface area contributed by atoms with Crippen molar-refractivity contribution >= 4 is 37.5 Å². The largest absolute Gasteiger partial charge is 0.494 e. The monoisotopic (exact) mass is 530 g/mol. The summed E-state index contributed by atoms with van der Waals surface area (Å²) in [6, 6.07) is 20.6. The second kappa shape index (κ2) is 10.9. The van der Waals surface area contributed by atoms with Crippen molar-refractivity contribution < 1.29 is 17.9 Å². The molecule has 1 atom stereocenters. The molecule has 0 aliphatic carbocycles. The Hall–Kier alpha value is -2.84. The Kier molecular flexibility index (Phi) is 8.15. The lowest BCUT2D eigenvalue weighted by molar-refractivity contribution is -0.120. The first-order chi connectivity index (χ1) is 15.7. The van der Waals surface area contributed by atoms with Crippen LogP contribution in [0.3, 0.4) is 0 Å². The Morgan fingerprint density at radius 3 is 2.18 bits per heavy atom. The van der Waals surface area contributed by atoms with Crippen LogP contribution in [-0.2, 0) is 14.8 Å². The number of ether oxygens (including phenoxy) is 1. The highest BCUT2D eigenvalue weighted by Gasteiger charge is 2.28. The summed E-state index contributed by atoms with van der Waals surface area (Å²) in [7, 11) is -3.99. The number of hydrogen-bond donors (Lipinski definition) is 1. The number of sulfonamides is 1. The average molecular weight is 531 g/mol. The van der Waals surface area contributed by atoms with E-state index in [0.717, 1.165) is 19.9 Å². The van der Waals surface area contributed by atoms with Gasteiger partial charge in [-0.1, -0.05) is 45.8 Å². The summed E-state index contributed by atoms with van der Waals surface area (Å²) in [6.07, 6.45) is 0. The van der Waals surface area contributed by atoms with Gasteiger partial charge >= 0.3 is 0 Å². The van der Waals surface area contributed by atoms with Crippen molar-refractivity contribution in [3.8, 4) is 5.75 Å². The normalized spacial score (nSPS) is 12.1. The van der Waals surface area contributed by atoms with Gasteiger partial charge in [-0.05, 0) is 74.9 Å². The van der Waals surface area contributed by atoms with Crippen LogP contribution in [0.1, 0.15) is 31.0 Å². The Bertz CT molecular complexity index is 1180. The van der Waals surface area contributed by atoms with E-state index in [0.29, 0.717) is 18.0 Å². The molecule has 0 aliphatic rings. The summed E-state index contributed by atoms with van der Waals surface area (Å²) >= 11 is 3.32. The molecular weight excluding hydrogens is 504 g/mol. The minimum atomic E-state index is -3.99. The van der Waals surface area contributed by atoms with Crippen molar-refractivity contribution in [1.82, 2.24) is 5.32 Å². The van der Waals surface area contributed by atoms with Crippen LogP contribution in [0, 0.1) is 6.92 Å². The molecule has 0 aromatic heterocycles. The zero-order chi connectivity index (χ0) is 24.0. The SMILES string of the molecule is CCOc1ccc(N(CC(=O)N[C@H](C)c2ccc(C)cc2)S(=O)(=O)c2ccc(Br)cc2)cc1. The van der Waals surface area contributed by atoms with E-state index in [1.807, 2.05) is 45.0 Å². The van der Waals surface area contributed by atoms with Crippen LogP contribution < -0.4 is 14.4 Å². The summed E-state index contributed by atoms with van der Waals surface area (Å²) in [5, 5.41) is 2.90. The summed E-state index contributed by atoms with van der Waals surface area (Å²) in [6.45, 7) is 5.88. The van der Waals surface area contributed by atoms with E-state index in [9.17, 15) is 13.2 Å². The molecule has 3 aromatic rings. The molecule has 1 N–H and O–H groups in total. The van der Waals surface area contributed by atoms with Gasteiger partial charge in [0.15, 0.2) is 0 Å². The molecule has 0 fully saturated rings. The molecule has 0 heterocycles. The van der Waals surface area contributed by atoms with E-state index in [1.54, 1.807) is 36.4 Å². The smallest absolute Gasteiger partial charge is 0.264 e. The molecule has 0 saturated heterocycles. The fraction of sp³-hybridized carbons (Fsp3) is 0.240. The van der Waals surface area contributed by atoms with Crippen LogP contribution in [0.5, 0.6) is 5.75 Å². The Balaban J connectivity index is 1.88. The number of amides is 1. The van der Waals surface area contributed by atoms with Gasteiger partial charge in [0, 0.05) is 4.47 Å². The third kappa shape index (κ3) is 6.36. The second-order valence-electron chi connectivity index (χ2n) is 7.59. The topological polar surface area (TPSA) is 75.7 Å². The second-order valence-corrected chi connectivity index (χ2v) is 10.4. The van der Waals surface area contributed by atoms with Crippen molar-refractivity contribution in [2.24, 2.45) is 0 Å². The van der Waals surface area contributed by atoms with Crippen molar-refractivity contribution in [1.29, 1.82) is 0 Å². The zero-order valence-electron chi connectivity index (χ0n) is 18.8. The van der Waals surface area contributed by atoms with Gasteiger partial charge in [0.25, 0.3) is 10.0 Å². The first-order valence-corrected chi connectivity index (χ1v) is 12.8. The van der Waals surface area contributed by atoms with Gasteiger partial charge in [0.2, 0.25) is 5.91 Å². The van der Waals surface area contributed by atoms with E-state index in [1.165, 1.54) is 12.1 Å². The van der Waals surface area contributed by atoms with Crippen LogP contribution in [0.2, 0.25) is 0 Å². The molecule has 33 heavy (non-hydrogen) atoms. The highest BCUT2D eigenvalue weighted by Crippen LogP contribution is 2.27. The molecule has 0 spiro atoms. The van der Waals surface area contributed by atoms with Crippen LogP contribution in [0.15, 0.2) is 82.2 Å².